The van der Waals surface area contributed by atoms with Crippen molar-refractivity contribution in [3.63, 3.8) is 0 Å². The Hall–Kier alpha value is -1.80. The average molecular weight is 310 g/mol. The van der Waals surface area contributed by atoms with E-state index in [4.69, 9.17) is 0 Å². The number of nitrogens with zero attached hydrogens (tertiary/aromatic N) is 2. The molecule has 0 saturated heterocycles. The molecule has 2 aromatic rings. The lowest BCUT2D eigenvalue weighted by molar-refractivity contribution is 0.252. The third-order valence-corrected chi connectivity index (χ3v) is 3.76. The van der Waals surface area contributed by atoms with Gasteiger partial charge in [0.05, 0.1) is 0 Å². The molecule has 6 nitrogen and oxygen atoms in total. The van der Waals surface area contributed by atoms with Crippen LogP contribution in [0.15, 0.2) is 29.6 Å². The van der Waals surface area contributed by atoms with E-state index < -0.39 is 10.8 Å². The van der Waals surface area contributed by atoms with Crippen molar-refractivity contribution in [2.24, 2.45) is 0 Å². The van der Waals surface area contributed by atoms with Gasteiger partial charge in [-0.25, -0.2) is 4.79 Å². The van der Waals surface area contributed by atoms with E-state index in [1.807, 2.05) is 17.5 Å². The summed E-state index contributed by atoms with van der Waals surface area (Å²) >= 11 is 1.29. The maximum atomic E-state index is 11.6. The molecule has 106 valence electrons. The van der Waals surface area contributed by atoms with Crippen molar-refractivity contribution in [1.82, 2.24) is 14.9 Å². The summed E-state index contributed by atoms with van der Waals surface area (Å²) in [7, 11) is -0.903. The molecule has 0 aliphatic carbocycles. The van der Waals surface area contributed by atoms with Crippen molar-refractivity contribution in [2.45, 2.75) is 0 Å². The van der Waals surface area contributed by atoms with Gasteiger partial charge >= 0.3 is 6.03 Å². The molecule has 0 unspecified atom stereocenters. The summed E-state index contributed by atoms with van der Waals surface area (Å²) < 4.78 is 14.7. The topological polar surface area (TPSA) is 84.0 Å². The minimum Gasteiger partial charge on any atom is -0.337 e. The number of rotatable bonds is 5. The van der Waals surface area contributed by atoms with E-state index >= 15 is 0 Å². The summed E-state index contributed by atoms with van der Waals surface area (Å²) in [5, 5.41) is 11.2. The number of carbonyl (C=O) groups excluding carboxylic acids is 1. The van der Waals surface area contributed by atoms with Gasteiger partial charge in [0.25, 0.3) is 0 Å². The van der Waals surface area contributed by atoms with Crippen LogP contribution >= 0.6 is 11.5 Å². The molecule has 0 aliphatic heterocycles. The summed E-state index contributed by atoms with van der Waals surface area (Å²) in [5.41, 5.74) is 2.45. The molecule has 1 atom stereocenters. The molecule has 0 fully saturated rings. The fourth-order valence-electron chi connectivity index (χ4n) is 1.50. The maximum absolute atomic E-state index is 11.6. The molecule has 20 heavy (non-hydrogen) atoms. The van der Waals surface area contributed by atoms with Crippen LogP contribution in [0.3, 0.4) is 0 Å². The third-order valence-electron chi connectivity index (χ3n) is 2.47. The van der Waals surface area contributed by atoms with Crippen LogP contribution in [0.25, 0.3) is 11.3 Å². The summed E-state index contributed by atoms with van der Waals surface area (Å²) in [6, 6.07) is 7.03. The molecular formula is C12H14N4O2S2. The van der Waals surface area contributed by atoms with Crippen molar-refractivity contribution in [1.29, 1.82) is 0 Å². The Labute approximate surface area is 123 Å². The molecule has 1 aromatic carbocycles. The van der Waals surface area contributed by atoms with Crippen LogP contribution < -0.4 is 10.6 Å². The van der Waals surface area contributed by atoms with Gasteiger partial charge in [0.1, 0.15) is 5.69 Å². The molecule has 1 aromatic heterocycles. The van der Waals surface area contributed by atoms with Gasteiger partial charge in [-0.05, 0) is 23.7 Å². The number of nitrogens with one attached hydrogen (secondary N) is 2. The van der Waals surface area contributed by atoms with E-state index in [1.54, 1.807) is 18.4 Å². The smallest absolute Gasteiger partial charge is 0.319 e. The molecule has 1 heterocycles. The zero-order chi connectivity index (χ0) is 14.4. The van der Waals surface area contributed by atoms with Crippen molar-refractivity contribution in [2.75, 3.05) is 23.9 Å². The fraction of sp³-hybridized carbons (Fsp3) is 0.250. The standard InChI is InChI=1S/C12H14N4O2S2/c1-20(18)7-6-13-12(17)14-10-4-2-9(3-5-10)11-8-19-16-15-11/h2-5,8H,6-7H2,1H3,(H2,13,14,17)/t20-/m1/s1. The van der Waals surface area contributed by atoms with E-state index in [-0.39, 0.29) is 6.03 Å². The van der Waals surface area contributed by atoms with Crippen LogP contribution in [0.1, 0.15) is 0 Å². The Morgan fingerprint density at radius 3 is 2.70 bits per heavy atom. The molecule has 2 amide bonds. The van der Waals surface area contributed by atoms with Gasteiger partial charge in [0, 0.05) is 46.0 Å². The lowest BCUT2D eigenvalue weighted by atomic mass is 10.1. The molecule has 0 aliphatic rings. The van der Waals surface area contributed by atoms with E-state index in [0.717, 1.165) is 11.3 Å². The normalized spacial score (nSPS) is 11.8. The number of hydrogen-bond donors (Lipinski definition) is 2. The largest absolute Gasteiger partial charge is 0.337 e. The first kappa shape index (κ1) is 14.6. The van der Waals surface area contributed by atoms with Gasteiger partial charge < -0.3 is 10.6 Å². The molecule has 2 N–H and O–H groups in total. The van der Waals surface area contributed by atoms with Gasteiger partial charge in [-0.3, -0.25) is 4.21 Å². The lowest BCUT2D eigenvalue weighted by Gasteiger charge is -2.07. The SMILES string of the molecule is C[S@@](=O)CCNC(=O)Nc1ccc(-c2csnn2)cc1. The zero-order valence-electron chi connectivity index (χ0n) is 10.8. The molecule has 0 spiro atoms. The van der Waals surface area contributed by atoms with Gasteiger partial charge in [-0.2, -0.15) is 0 Å². The highest BCUT2D eigenvalue weighted by Crippen LogP contribution is 2.19. The lowest BCUT2D eigenvalue weighted by Crippen LogP contribution is -2.31. The number of carbonyl (C=O) groups is 1. The van der Waals surface area contributed by atoms with Crippen molar-refractivity contribution >= 4 is 34.1 Å². The highest BCUT2D eigenvalue weighted by Gasteiger charge is 2.03. The third kappa shape index (κ3) is 4.39. The second kappa shape index (κ2) is 7.11. The Balaban J connectivity index is 1.87. The predicted molar refractivity (Wildman–Crippen MR) is 81.3 cm³/mol. The minimum atomic E-state index is -0.903. The van der Waals surface area contributed by atoms with Gasteiger partial charge in [0.15, 0.2) is 0 Å². The van der Waals surface area contributed by atoms with Gasteiger partial charge in [-0.1, -0.05) is 16.6 Å². The first-order chi connectivity index (χ1) is 9.65. The number of urea groups is 1. The summed E-state index contributed by atoms with van der Waals surface area (Å²) in [6.07, 6.45) is 1.60. The van der Waals surface area contributed by atoms with Crippen molar-refractivity contribution < 1.29 is 9.00 Å². The maximum Gasteiger partial charge on any atom is 0.319 e. The molecule has 8 heteroatoms. The minimum absolute atomic E-state index is 0.307. The van der Waals surface area contributed by atoms with E-state index in [9.17, 15) is 9.00 Å². The van der Waals surface area contributed by atoms with E-state index in [2.05, 4.69) is 20.2 Å². The molecule has 0 saturated carbocycles. The summed E-state index contributed by atoms with van der Waals surface area (Å²) in [4.78, 5) is 11.6. The number of amides is 2. The summed E-state index contributed by atoms with van der Waals surface area (Å²) in [5.74, 6) is 0.448. The van der Waals surface area contributed by atoms with Crippen LogP contribution in [-0.4, -0.2) is 38.4 Å². The second-order valence-electron chi connectivity index (χ2n) is 4.03. The van der Waals surface area contributed by atoms with E-state index in [0.29, 0.717) is 18.0 Å². The Bertz CT molecular complexity index is 584. The second-order valence-corrected chi connectivity index (χ2v) is 6.19. The number of aromatic nitrogens is 2. The Kier molecular flexibility index (Phi) is 5.19. The highest BCUT2D eigenvalue weighted by atomic mass is 32.2. The fourth-order valence-corrected chi connectivity index (χ4v) is 2.35. The van der Waals surface area contributed by atoms with Crippen molar-refractivity contribution in [3.8, 4) is 11.3 Å². The first-order valence-electron chi connectivity index (χ1n) is 5.87. The Morgan fingerprint density at radius 1 is 1.35 bits per heavy atom. The quantitative estimate of drug-likeness (QED) is 0.880. The van der Waals surface area contributed by atoms with Crippen LogP contribution in [0, 0.1) is 0 Å². The molecule has 2 rings (SSSR count). The van der Waals surface area contributed by atoms with Gasteiger partial charge in [0.2, 0.25) is 0 Å². The number of hydrogen-bond acceptors (Lipinski definition) is 5. The van der Waals surface area contributed by atoms with E-state index in [1.165, 1.54) is 11.5 Å². The van der Waals surface area contributed by atoms with Gasteiger partial charge in [-0.15, -0.1) is 5.10 Å². The molecular weight excluding hydrogens is 296 g/mol. The predicted octanol–water partition coefficient (Wildman–Crippen LogP) is 1.71. The van der Waals surface area contributed by atoms with Crippen LogP contribution in [0.4, 0.5) is 10.5 Å². The highest BCUT2D eigenvalue weighted by molar-refractivity contribution is 7.84. The van der Waals surface area contributed by atoms with Crippen LogP contribution in [0.2, 0.25) is 0 Å². The van der Waals surface area contributed by atoms with Crippen molar-refractivity contribution in [3.05, 3.63) is 29.6 Å². The monoisotopic (exact) mass is 310 g/mol. The van der Waals surface area contributed by atoms with Crippen LogP contribution in [-0.2, 0) is 10.8 Å². The zero-order valence-corrected chi connectivity index (χ0v) is 12.5. The van der Waals surface area contributed by atoms with Crippen LogP contribution in [0.5, 0.6) is 0 Å². The Morgan fingerprint density at radius 2 is 2.10 bits per heavy atom. The molecule has 0 bridgehead atoms. The average Bonchev–Trinajstić information content (AvgIpc) is 2.93. The number of benzene rings is 1. The summed E-state index contributed by atoms with van der Waals surface area (Å²) in [6.45, 7) is 0.386. The first-order valence-corrected chi connectivity index (χ1v) is 8.44. The number of anilines is 1. The molecule has 0 radical (unpaired) electrons.